The molecule has 1 N–H and O–H groups in total. The van der Waals surface area contributed by atoms with Gasteiger partial charge in [-0.05, 0) is 60.5 Å². The van der Waals surface area contributed by atoms with Crippen LogP contribution in [0.3, 0.4) is 0 Å². The molecule has 1 atom stereocenters. The van der Waals surface area contributed by atoms with Crippen LogP contribution in [0, 0.1) is 11.7 Å². The van der Waals surface area contributed by atoms with E-state index in [1.54, 1.807) is 42.5 Å². The summed E-state index contributed by atoms with van der Waals surface area (Å²) in [6.07, 6.45) is 1.52. The quantitative estimate of drug-likeness (QED) is 0.285. The highest BCUT2D eigenvalue weighted by Gasteiger charge is 2.47. The second-order valence-electron chi connectivity index (χ2n) is 8.25. The fraction of sp³-hybridized carbons (Fsp3) is 0.192. The monoisotopic (exact) mass is 480 g/mol. The topological polar surface area (TPSA) is 79.7 Å². The van der Waals surface area contributed by atoms with E-state index in [1.807, 2.05) is 13.8 Å². The summed E-state index contributed by atoms with van der Waals surface area (Å²) in [7, 11) is 0. The molecule has 8 heteroatoms. The van der Waals surface area contributed by atoms with E-state index >= 15 is 0 Å². The van der Waals surface area contributed by atoms with Gasteiger partial charge >= 0.3 is 0 Å². The minimum atomic E-state index is -1.03. The number of amides is 1. The van der Waals surface area contributed by atoms with Crippen molar-refractivity contribution in [3.63, 3.8) is 0 Å². The molecule has 1 amide bonds. The van der Waals surface area contributed by atoms with Crippen LogP contribution < -0.4 is 9.64 Å². The van der Waals surface area contributed by atoms with E-state index in [0.717, 1.165) is 6.07 Å². The Labute approximate surface area is 201 Å². The molecule has 1 aromatic heterocycles. The average molecular weight is 481 g/mol. The van der Waals surface area contributed by atoms with Gasteiger partial charge in [0.25, 0.3) is 11.7 Å². The summed E-state index contributed by atoms with van der Waals surface area (Å²) >= 11 is 5.94. The Morgan fingerprint density at radius 3 is 2.50 bits per heavy atom. The van der Waals surface area contributed by atoms with Gasteiger partial charge in [0, 0.05) is 17.4 Å². The summed E-state index contributed by atoms with van der Waals surface area (Å²) in [6.45, 7) is 4.60. The number of rotatable bonds is 6. The van der Waals surface area contributed by atoms with Crippen LogP contribution in [0.1, 0.15) is 31.1 Å². The molecular formula is C26H22ClFN2O4. The van der Waals surface area contributed by atoms with Crippen molar-refractivity contribution in [2.24, 2.45) is 5.92 Å². The number of ether oxygens (including phenoxy) is 1. The lowest BCUT2D eigenvalue weighted by molar-refractivity contribution is -0.132. The Morgan fingerprint density at radius 1 is 1.15 bits per heavy atom. The van der Waals surface area contributed by atoms with Crippen molar-refractivity contribution in [2.45, 2.75) is 19.9 Å². The van der Waals surface area contributed by atoms with Gasteiger partial charge in [-0.2, -0.15) is 0 Å². The molecule has 3 aromatic rings. The molecule has 1 saturated heterocycles. The number of hydrogen-bond donors (Lipinski definition) is 1. The van der Waals surface area contributed by atoms with Gasteiger partial charge in [-0.15, -0.1) is 0 Å². The second-order valence-corrected chi connectivity index (χ2v) is 8.66. The maximum Gasteiger partial charge on any atom is 0.300 e. The number of carbonyl (C=O) groups is 2. The number of halogens is 2. The first-order valence-corrected chi connectivity index (χ1v) is 11.1. The first kappa shape index (κ1) is 23.4. The third-order valence-corrected chi connectivity index (χ3v) is 5.59. The SMILES string of the molecule is CC(C)COc1ccc(/C(O)=C2\C(=O)C(=O)N(c3ccc(F)c(Cl)c3)C2c2ccccn2)cc1. The highest BCUT2D eigenvalue weighted by Crippen LogP contribution is 2.42. The number of carbonyl (C=O) groups excluding carboxylic acids is 2. The maximum atomic E-state index is 13.8. The molecule has 1 fully saturated rings. The third kappa shape index (κ3) is 4.52. The Hall–Kier alpha value is -3.71. The van der Waals surface area contributed by atoms with Crippen LogP contribution in [0.4, 0.5) is 10.1 Å². The first-order valence-electron chi connectivity index (χ1n) is 10.7. The predicted octanol–water partition coefficient (Wildman–Crippen LogP) is 5.54. The molecule has 0 bridgehead atoms. The standard InChI is InChI=1S/C26H22ClFN2O4/c1-15(2)14-34-18-9-6-16(7-10-18)24(31)22-23(21-5-3-4-12-29-21)30(26(33)25(22)32)17-8-11-20(28)19(27)13-17/h3-13,15,23,31H,14H2,1-2H3/b24-22+. The summed E-state index contributed by atoms with van der Waals surface area (Å²) in [5, 5.41) is 10.9. The highest BCUT2D eigenvalue weighted by molar-refractivity contribution is 6.51. The molecule has 0 saturated carbocycles. The van der Waals surface area contributed by atoms with E-state index in [9.17, 15) is 19.1 Å². The molecule has 1 aliphatic rings. The van der Waals surface area contributed by atoms with Crippen molar-refractivity contribution in [1.29, 1.82) is 0 Å². The molecule has 2 heterocycles. The zero-order chi connectivity index (χ0) is 24.4. The molecule has 174 valence electrons. The Bertz CT molecular complexity index is 1260. The molecule has 1 aliphatic heterocycles. The Kier molecular flexibility index (Phi) is 6.65. The van der Waals surface area contributed by atoms with E-state index in [1.165, 1.54) is 23.2 Å². The second kappa shape index (κ2) is 9.65. The lowest BCUT2D eigenvalue weighted by atomic mass is 9.98. The number of aliphatic hydroxyl groups is 1. The minimum Gasteiger partial charge on any atom is -0.507 e. The zero-order valence-electron chi connectivity index (χ0n) is 18.5. The minimum absolute atomic E-state index is 0.125. The number of Topliss-reactive ketones (excluding diaryl/α,β-unsaturated/α-hetero) is 1. The molecule has 1 unspecified atom stereocenters. The van der Waals surface area contributed by atoms with Crippen LogP contribution >= 0.6 is 11.6 Å². The van der Waals surface area contributed by atoms with Crippen molar-refractivity contribution < 1.29 is 23.8 Å². The smallest absolute Gasteiger partial charge is 0.300 e. The molecular weight excluding hydrogens is 459 g/mol. The average Bonchev–Trinajstić information content (AvgIpc) is 3.10. The largest absolute Gasteiger partial charge is 0.507 e. The van der Waals surface area contributed by atoms with E-state index in [0.29, 0.717) is 29.5 Å². The van der Waals surface area contributed by atoms with Crippen LogP contribution in [0.25, 0.3) is 5.76 Å². The number of benzene rings is 2. The number of pyridine rings is 1. The van der Waals surface area contributed by atoms with Crippen molar-refractivity contribution >= 4 is 34.7 Å². The molecule has 0 spiro atoms. The number of ketones is 1. The van der Waals surface area contributed by atoms with Gasteiger partial charge in [0.05, 0.1) is 22.9 Å². The lowest BCUT2D eigenvalue weighted by Crippen LogP contribution is -2.29. The van der Waals surface area contributed by atoms with Crippen LogP contribution in [0.5, 0.6) is 5.75 Å². The summed E-state index contributed by atoms with van der Waals surface area (Å²) < 4.78 is 19.4. The maximum absolute atomic E-state index is 13.8. The number of hydrogen-bond acceptors (Lipinski definition) is 5. The Balaban J connectivity index is 1.81. The van der Waals surface area contributed by atoms with Crippen molar-refractivity contribution in [2.75, 3.05) is 11.5 Å². The molecule has 0 aliphatic carbocycles. The van der Waals surface area contributed by atoms with Crippen molar-refractivity contribution in [3.8, 4) is 5.75 Å². The summed E-state index contributed by atoms with van der Waals surface area (Å²) in [4.78, 5) is 31.7. The number of nitrogens with zero attached hydrogens (tertiary/aromatic N) is 2. The molecule has 34 heavy (non-hydrogen) atoms. The van der Waals surface area contributed by atoms with Gasteiger partial charge in [-0.25, -0.2) is 4.39 Å². The van der Waals surface area contributed by atoms with Gasteiger partial charge in [-0.3, -0.25) is 19.5 Å². The van der Waals surface area contributed by atoms with Crippen LogP contribution in [-0.2, 0) is 9.59 Å². The summed E-state index contributed by atoms with van der Waals surface area (Å²) in [5.41, 5.74) is 0.786. The molecule has 6 nitrogen and oxygen atoms in total. The van der Waals surface area contributed by atoms with Crippen LogP contribution in [-0.4, -0.2) is 28.4 Å². The predicted molar refractivity (Wildman–Crippen MR) is 127 cm³/mol. The molecule has 4 rings (SSSR count). The molecule has 0 radical (unpaired) electrons. The number of aromatic nitrogens is 1. The number of anilines is 1. The fourth-order valence-corrected chi connectivity index (χ4v) is 3.85. The van der Waals surface area contributed by atoms with Crippen LogP contribution in [0.15, 0.2) is 72.4 Å². The van der Waals surface area contributed by atoms with Gasteiger partial charge < -0.3 is 9.84 Å². The lowest BCUT2D eigenvalue weighted by Gasteiger charge is -2.24. The van der Waals surface area contributed by atoms with Crippen molar-refractivity contribution in [1.82, 2.24) is 4.98 Å². The number of aliphatic hydroxyl groups excluding tert-OH is 1. The van der Waals surface area contributed by atoms with Gasteiger partial charge in [-0.1, -0.05) is 31.5 Å². The van der Waals surface area contributed by atoms with Gasteiger partial charge in [0.2, 0.25) is 0 Å². The summed E-state index contributed by atoms with van der Waals surface area (Å²) in [6, 6.07) is 14.3. The van der Waals surface area contributed by atoms with Gasteiger partial charge in [0.15, 0.2) is 0 Å². The fourth-order valence-electron chi connectivity index (χ4n) is 3.68. The van der Waals surface area contributed by atoms with E-state index in [-0.39, 0.29) is 22.0 Å². The van der Waals surface area contributed by atoms with E-state index in [4.69, 9.17) is 16.3 Å². The zero-order valence-corrected chi connectivity index (χ0v) is 19.3. The van der Waals surface area contributed by atoms with Gasteiger partial charge in [0.1, 0.15) is 23.4 Å². The van der Waals surface area contributed by atoms with Crippen LogP contribution in [0.2, 0.25) is 5.02 Å². The van der Waals surface area contributed by atoms with Crippen molar-refractivity contribution in [3.05, 3.63) is 94.5 Å². The van der Waals surface area contributed by atoms with E-state index < -0.39 is 23.5 Å². The normalized spacial score (nSPS) is 17.4. The first-order chi connectivity index (χ1) is 16.3. The Morgan fingerprint density at radius 2 is 1.88 bits per heavy atom. The third-order valence-electron chi connectivity index (χ3n) is 5.30. The summed E-state index contributed by atoms with van der Waals surface area (Å²) in [5.74, 6) is -1.79. The molecule has 2 aromatic carbocycles. The van der Waals surface area contributed by atoms with E-state index in [2.05, 4.69) is 4.98 Å². The highest BCUT2D eigenvalue weighted by atomic mass is 35.5.